The van der Waals surface area contributed by atoms with Crippen LogP contribution in [0.3, 0.4) is 0 Å². The Morgan fingerprint density at radius 1 is 0.700 bits per heavy atom. The Labute approximate surface area is 184 Å². The first-order valence-electron chi connectivity index (χ1n) is 10.5. The van der Waals surface area contributed by atoms with Crippen molar-refractivity contribution < 1.29 is 0 Å². The van der Waals surface area contributed by atoms with E-state index in [1.165, 1.54) is 55.3 Å². The van der Waals surface area contributed by atoms with Crippen molar-refractivity contribution in [3.05, 3.63) is 93.5 Å². The highest BCUT2D eigenvalue weighted by Gasteiger charge is 2.28. The monoisotopic (exact) mass is 409 g/mol. The molecule has 0 saturated carbocycles. The third-order valence-corrected chi connectivity index (χ3v) is 6.77. The maximum atomic E-state index is 4.54. The fourth-order valence-corrected chi connectivity index (χ4v) is 5.62. The van der Waals surface area contributed by atoms with Gasteiger partial charge in [-0.15, -0.1) is 11.3 Å². The predicted octanol–water partition coefficient (Wildman–Crippen LogP) is 5.18. The smallest absolute Gasteiger partial charge is 0.242 e. The minimum atomic E-state index is 0.200. The minimum Gasteiger partial charge on any atom is -0.245 e. The molecule has 0 aliphatic heterocycles. The van der Waals surface area contributed by atoms with Crippen molar-refractivity contribution in [3.63, 3.8) is 0 Å². The summed E-state index contributed by atoms with van der Waals surface area (Å²) in [6, 6.07) is 18.2. The van der Waals surface area contributed by atoms with Crippen LogP contribution in [0.1, 0.15) is 33.4 Å². The van der Waals surface area contributed by atoms with Gasteiger partial charge in [0.25, 0.3) is 0 Å². The quantitative estimate of drug-likeness (QED) is 0.424. The van der Waals surface area contributed by atoms with Gasteiger partial charge in [0.1, 0.15) is 5.01 Å². The maximum Gasteiger partial charge on any atom is 0.242 e. The third kappa shape index (κ3) is 3.87. The van der Waals surface area contributed by atoms with E-state index in [0.717, 1.165) is 5.01 Å². The van der Waals surface area contributed by atoms with Gasteiger partial charge in [-0.05, 0) is 41.5 Å². The van der Waals surface area contributed by atoms with Crippen LogP contribution in [-0.2, 0) is 0 Å². The van der Waals surface area contributed by atoms with Gasteiger partial charge in [0.2, 0.25) is 6.71 Å². The average molecular weight is 409 g/mol. The van der Waals surface area contributed by atoms with Crippen molar-refractivity contribution in [3.8, 4) is 10.6 Å². The zero-order valence-corrected chi connectivity index (χ0v) is 19.5. The normalized spacial score (nSPS) is 11.0. The van der Waals surface area contributed by atoms with Crippen LogP contribution in [0.15, 0.2) is 60.1 Å². The topological polar surface area (TPSA) is 12.9 Å². The van der Waals surface area contributed by atoms with Crippen molar-refractivity contribution >= 4 is 34.4 Å². The molecular formula is C27H28BNS. The molecule has 0 atom stereocenters. The fraction of sp³-hybridized carbons (Fsp3) is 0.222. The highest BCUT2D eigenvalue weighted by molar-refractivity contribution is 7.13. The summed E-state index contributed by atoms with van der Waals surface area (Å²) in [5, 5.41) is 3.12. The molecule has 3 heteroatoms. The first kappa shape index (κ1) is 20.6. The first-order chi connectivity index (χ1) is 14.3. The van der Waals surface area contributed by atoms with E-state index < -0.39 is 0 Å². The molecule has 0 fully saturated rings. The molecule has 1 aromatic heterocycles. The summed E-state index contributed by atoms with van der Waals surface area (Å²) in [6.07, 6.45) is 1.88. The Morgan fingerprint density at radius 3 is 1.70 bits per heavy atom. The first-order valence-corrected chi connectivity index (χ1v) is 11.4. The average Bonchev–Trinajstić information content (AvgIpc) is 3.20. The second-order valence-electron chi connectivity index (χ2n) is 8.52. The van der Waals surface area contributed by atoms with Crippen molar-refractivity contribution in [2.75, 3.05) is 0 Å². The van der Waals surface area contributed by atoms with E-state index >= 15 is 0 Å². The predicted molar refractivity (Wildman–Crippen MR) is 134 cm³/mol. The number of benzene rings is 3. The largest absolute Gasteiger partial charge is 0.245 e. The van der Waals surface area contributed by atoms with Gasteiger partial charge in [0.15, 0.2) is 0 Å². The van der Waals surface area contributed by atoms with Gasteiger partial charge >= 0.3 is 0 Å². The summed E-state index contributed by atoms with van der Waals surface area (Å²) in [6.45, 7) is 13.6. The summed E-state index contributed by atoms with van der Waals surface area (Å²) >= 11 is 1.69. The van der Waals surface area contributed by atoms with Gasteiger partial charge in [-0.2, -0.15) is 0 Å². The molecule has 0 unspecified atom stereocenters. The van der Waals surface area contributed by atoms with E-state index in [2.05, 4.69) is 95.1 Å². The summed E-state index contributed by atoms with van der Waals surface area (Å²) in [4.78, 5) is 4.54. The molecule has 0 N–H and O–H groups in total. The van der Waals surface area contributed by atoms with Gasteiger partial charge in [0.05, 0.1) is 0 Å². The molecule has 1 heterocycles. The molecule has 0 amide bonds. The van der Waals surface area contributed by atoms with E-state index in [1.54, 1.807) is 11.3 Å². The van der Waals surface area contributed by atoms with E-state index in [1.807, 2.05) is 11.6 Å². The lowest BCUT2D eigenvalue weighted by Crippen LogP contribution is -2.55. The van der Waals surface area contributed by atoms with Crippen LogP contribution in [-0.4, -0.2) is 11.7 Å². The van der Waals surface area contributed by atoms with Gasteiger partial charge in [-0.1, -0.05) is 98.3 Å². The molecule has 4 rings (SSSR count). The van der Waals surface area contributed by atoms with Crippen LogP contribution in [0.5, 0.6) is 0 Å². The molecule has 0 radical (unpaired) electrons. The second-order valence-corrected chi connectivity index (χ2v) is 9.42. The lowest BCUT2D eigenvalue weighted by Gasteiger charge is -2.25. The molecular weight excluding hydrogens is 381 g/mol. The van der Waals surface area contributed by atoms with Gasteiger partial charge in [0, 0.05) is 17.1 Å². The zero-order chi connectivity index (χ0) is 21.4. The summed E-state index contributed by atoms with van der Waals surface area (Å²) in [5.74, 6) is 0. The maximum absolute atomic E-state index is 4.54. The number of hydrogen-bond acceptors (Lipinski definition) is 2. The fourth-order valence-electron chi connectivity index (χ4n) is 4.99. The van der Waals surface area contributed by atoms with E-state index in [9.17, 15) is 0 Å². The van der Waals surface area contributed by atoms with E-state index in [-0.39, 0.29) is 6.71 Å². The lowest BCUT2D eigenvalue weighted by atomic mass is 9.34. The Balaban J connectivity index is 2.00. The van der Waals surface area contributed by atoms with Crippen LogP contribution < -0.4 is 16.4 Å². The van der Waals surface area contributed by atoms with Gasteiger partial charge < -0.3 is 0 Å². The van der Waals surface area contributed by atoms with Gasteiger partial charge in [-0.3, -0.25) is 0 Å². The van der Waals surface area contributed by atoms with Crippen molar-refractivity contribution in [2.45, 2.75) is 41.5 Å². The zero-order valence-electron chi connectivity index (χ0n) is 18.7. The van der Waals surface area contributed by atoms with E-state index in [4.69, 9.17) is 0 Å². The number of rotatable bonds is 4. The van der Waals surface area contributed by atoms with Crippen molar-refractivity contribution in [1.29, 1.82) is 0 Å². The second kappa shape index (κ2) is 8.24. The van der Waals surface area contributed by atoms with E-state index in [0.29, 0.717) is 0 Å². The van der Waals surface area contributed by atoms with Crippen LogP contribution in [0.2, 0.25) is 0 Å². The molecule has 0 saturated heterocycles. The lowest BCUT2D eigenvalue weighted by molar-refractivity contribution is 1.34. The Hall–Kier alpha value is -2.65. The molecule has 3 aromatic carbocycles. The third-order valence-electron chi connectivity index (χ3n) is 5.95. The van der Waals surface area contributed by atoms with Crippen LogP contribution in [0.4, 0.5) is 0 Å². The molecule has 30 heavy (non-hydrogen) atoms. The standard InChI is InChI=1S/C27H28BNS/c1-17-12-19(3)25(20(4)13-17)28(26-21(5)14-18(2)15-22(26)6)24-9-7-8-23(16-24)27-29-10-11-30-27/h7-16H,1-6H3. The highest BCUT2D eigenvalue weighted by Crippen LogP contribution is 2.21. The number of hydrogen-bond donors (Lipinski definition) is 0. The molecule has 0 aliphatic carbocycles. The highest BCUT2D eigenvalue weighted by atomic mass is 32.1. The molecule has 4 aromatic rings. The van der Waals surface area contributed by atoms with Crippen LogP contribution in [0.25, 0.3) is 10.6 Å². The SMILES string of the molecule is Cc1cc(C)c(B(c2cccc(-c3nccs3)c2)c2c(C)cc(C)cc2C)c(C)c1. The molecule has 0 aliphatic rings. The van der Waals surface area contributed by atoms with Crippen molar-refractivity contribution in [1.82, 2.24) is 4.98 Å². The number of aromatic nitrogens is 1. The van der Waals surface area contributed by atoms with Crippen molar-refractivity contribution in [2.24, 2.45) is 0 Å². The van der Waals surface area contributed by atoms with Crippen LogP contribution in [0, 0.1) is 41.5 Å². The number of nitrogens with zero attached hydrogens (tertiary/aromatic N) is 1. The Morgan fingerprint density at radius 2 is 1.23 bits per heavy atom. The number of thiazole rings is 1. The summed E-state index contributed by atoms with van der Waals surface area (Å²) in [5.41, 5.74) is 13.4. The Kier molecular flexibility index (Phi) is 5.66. The summed E-state index contributed by atoms with van der Waals surface area (Å²) in [7, 11) is 0. The molecule has 0 spiro atoms. The van der Waals surface area contributed by atoms with Crippen LogP contribution >= 0.6 is 11.3 Å². The van der Waals surface area contributed by atoms with Gasteiger partial charge in [-0.25, -0.2) is 4.98 Å². The summed E-state index contributed by atoms with van der Waals surface area (Å²) < 4.78 is 0. The minimum absolute atomic E-state index is 0.200. The molecule has 150 valence electrons. The Bertz CT molecular complexity index is 1100. The molecule has 1 nitrogen and oxygen atoms in total. The molecule has 0 bridgehead atoms. The number of aryl methyl sites for hydroxylation is 6.